The highest BCUT2D eigenvalue weighted by Crippen LogP contribution is 2.27. The maximum absolute atomic E-state index is 12.0. The number of aliphatic carboxylic acids is 1. The number of carbonyl (C=O) groups is 2. The molecule has 2 heterocycles. The largest absolute Gasteiger partial charge is 0.481 e. The second-order valence-electron chi connectivity index (χ2n) is 11.1. The first-order valence-corrected chi connectivity index (χ1v) is 14.6. The first kappa shape index (κ1) is 28.4. The normalized spacial score (nSPS) is 22.8. The highest BCUT2D eigenvalue weighted by molar-refractivity contribution is 5.93. The molecule has 1 amide bonds. The molecule has 212 valence electrons. The Morgan fingerprint density at radius 3 is 2.39 bits per heavy atom. The van der Waals surface area contributed by atoms with Gasteiger partial charge in [0.05, 0.1) is 0 Å². The van der Waals surface area contributed by atoms with Gasteiger partial charge in [-0.1, -0.05) is 19.3 Å². The van der Waals surface area contributed by atoms with Gasteiger partial charge in [0.1, 0.15) is 18.1 Å². The van der Waals surface area contributed by atoms with Gasteiger partial charge in [-0.3, -0.25) is 9.59 Å². The van der Waals surface area contributed by atoms with Gasteiger partial charge >= 0.3 is 5.97 Å². The van der Waals surface area contributed by atoms with Gasteiger partial charge in [0.25, 0.3) is 0 Å². The van der Waals surface area contributed by atoms with E-state index in [2.05, 4.69) is 25.8 Å². The van der Waals surface area contributed by atoms with Crippen molar-refractivity contribution in [3.05, 3.63) is 6.07 Å². The maximum Gasteiger partial charge on any atom is 0.312 e. The number of rotatable bonds is 12. The highest BCUT2D eigenvalue weighted by atomic mass is 16.4. The Kier molecular flexibility index (Phi) is 10.8. The van der Waals surface area contributed by atoms with Crippen molar-refractivity contribution in [1.29, 1.82) is 0 Å². The van der Waals surface area contributed by atoms with E-state index in [9.17, 15) is 9.59 Å². The van der Waals surface area contributed by atoms with Gasteiger partial charge in [-0.15, -0.1) is 0 Å². The van der Waals surface area contributed by atoms with E-state index in [1.165, 1.54) is 51.4 Å². The van der Waals surface area contributed by atoms with Crippen molar-refractivity contribution in [2.24, 2.45) is 5.92 Å². The number of carboxylic acid groups (broad SMARTS) is 1. The lowest BCUT2D eigenvalue weighted by atomic mass is 9.86. The summed E-state index contributed by atoms with van der Waals surface area (Å²) in [7, 11) is 0. The van der Waals surface area contributed by atoms with Crippen molar-refractivity contribution < 1.29 is 14.7 Å². The minimum absolute atomic E-state index is 0.339. The molecule has 1 aromatic heterocycles. The minimum atomic E-state index is -1.10. The first-order chi connectivity index (χ1) is 18.5. The van der Waals surface area contributed by atoms with E-state index < -0.39 is 12.4 Å². The molecule has 1 aliphatic heterocycles. The molecule has 3 fully saturated rings. The average molecular weight is 531 g/mol. The summed E-state index contributed by atoms with van der Waals surface area (Å²) in [5, 5.41) is 19.7. The molecular formula is C27H46N8O3. The fourth-order valence-electron chi connectivity index (χ4n) is 5.93. The maximum atomic E-state index is 12.0. The van der Waals surface area contributed by atoms with Crippen LogP contribution in [0.4, 0.5) is 17.6 Å². The Morgan fingerprint density at radius 2 is 1.68 bits per heavy atom. The fraction of sp³-hybridized carbons (Fsp3) is 0.778. The van der Waals surface area contributed by atoms with Crippen LogP contribution in [0, 0.1) is 5.92 Å². The summed E-state index contributed by atoms with van der Waals surface area (Å²) in [6.07, 6.45) is 12.2. The van der Waals surface area contributed by atoms with Gasteiger partial charge in [0, 0.05) is 44.3 Å². The minimum Gasteiger partial charge on any atom is -0.481 e. The molecular weight excluding hydrogens is 484 g/mol. The van der Waals surface area contributed by atoms with Crippen LogP contribution in [0.3, 0.4) is 0 Å². The molecule has 11 nitrogen and oxygen atoms in total. The number of aromatic nitrogens is 2. The van der Waals surface area contributed by atoms with E-state index in [-0.39, 0.29) is 5.91 Å². The van der Waals surface area contributed by atoms with Crippen molar-refractivity contribution in [2.75, 3.05) is 61.8 Å². The molecule has 2 saturated carbocycles. The standard InChI is InChI=1S/C27H46N8O3/c28-23-17-24(34-13-15-35(16-14-34)25(36)18-26(37)38)33-27(32-23)31-22-9-7-20(8-10-22)19-29-11-4-12-30-21-5-2-1-3-6-21/h17,20-22,29-30H,1-16,18-19H2,(H,37,38)(H3,28,31,32,33). The van der Waals surface area contributed by atoms with Crippen molar-refractivity contribution in [1.82, 2.24) is 25.5 Å². The molecule has 0 atom stereocenters. The van der Waals surface area contributed by atoms with Crippen molar-refractivity contribution in [2.45, 2.75) is 82.7 Å². The van der Waals surface area contributed by atoms with Gasteiger partial charge in [-0.05, 0) is 70.5 Å². The summed E-state index contributed by atoms with van der Waals surface area (Å²) in [5.41, 5.74) is 6.10. The number of hydrogen-bond donors (Lipinski definition) is 5. The summed E-state index contributed by atoms with van der Waals surface area (Å²) in [4.78, 5) is 35.6. The number of anilines is 3. The van der Waals surface area contributed by atoms with Crippen molar-refractivity contribution in [3.8, 4) is 0 Å². The van der Waals surface area contributed by atoms with E-state index in [1.807, 2.05) is 0 Å². The van der Waals surface area contributed by atoms with E-state index in [0.29, 0.717) is 44.0 Å². The van der Waals surface area contributed by atoms with Crippen LogP contribution in [-0.2, 0) is 9.59 Å². The monoisotopic (exact) mass is 530 g/mol. The number of amides is 1. The van der Waals surface area contributed by atoms with Crippen LogP contribution in [0.1, 0.15) is 70.6 Å². The number of nitrogens with zero attached hydrogens (tertiary/aromatic N) is 4. The van der Waals surface area contributed by atoms with Gasteiger partial charge in [0.15, 0.2) is 0 Å². The molecule has 38 heavy (non-hydrogen) atoms. The Labute approximate surface area is 226 Å². The lowest BCUT2D eigenvalue weighted by Gasteiger charge is -2.35. The Balaban J connectivity index is 1.13. The Bertz CT molecular complexity index is 894. The van der Waals surface area contributed by atoms with Crippen LogP contribution < -0.4 is 26.6 Å². The molecule has 1 aromatic rings. The van der Waals surface area contributed by atoms with Crippen LogP contribution in [0.25, 0.3) is 0 Å². The zero-order valence-electron chi connectivity index (χ0n) is 22.7. The molecule has 0 aromatic carbocycles. The molecule has 2 aliphatic carbocycles. The molecule has 0 bridgehead atoms. The number of nitrogens with one attached hydrogen (secondary N) is 3. The van der Waals surface area contributed by atoms with E-state index in [4.69, 9.17) is 15.8 Å². The molecule has 3 aliphatic rings. The third-order valence-corrected chi connectivity index (χ3v) is 8.17. The molecule has 11 heteroatoms. The van der Waals surface area contributed by atoms with Crippen LogP contribution >= 0.6 is 0 Å². The topological polar surface area (TPSA) is 149 Å². The second-order valence-corrected chi connectivity index (χ2v) is 11.1. The fourth-order valence-corrected chi connectivity index (χ4v) is 5.93. The van der Waals surface area contributed by atoms with Crippen molar-refractivity contribution in [3.63, 3.8) is 0 Å². The van der Waals surface area contributed by atoms with Gasteiger partial charge in [-0.25, -0.2) is 0 Å². The first-order valence-electron chi connectivity index (χ1n) is 14.6. The summed E-state index contributed by atoms with van der Waals surface area (Å²) >= 11 is 0. The highest BCUT2D eigenvalue weighted by Gasteiger charge is 2.25. The Morgan fingerprint density at radius 1 is 0.947 bits per heavy atom. The third kappa shape index (κ3) is 8.97. The lowest BCUT2D eigenvalue weighted by molar-refractivity contribution is -0.144. The smallest absolute Gasteiger partial charge is 0.312 e. The van der Waals surface area contributed by atoms with E-state index in [0.717, 1.165) is 50.3 Å². The summed E-state index contributed by atoms with van der Waals surface area (Å²) in [6, 6.07) is 2.84. The molecule has 0 radical (unpaired) electrons. The van der Waals surface area contributed by atoms with Gasteiger partial charge in [0.2, 0.25) is 11.9 Å². The van der Waals surface area contributed by atoms with Gasteiger partial charge < -0.3 is 36.6 Å². The van der Waals surface area contributed by atoms with Crippen LogP contribution in [-0.4, -0.2) is 89.7 Å². The predicted molar refractivity (Wildman–Crippen MR) is 149 cm³/mol. The van der Waals surface area contributed by atoms with E-state index in [1.54, 1.807) is 11.0 Å². The van der Waals surface area contributed by atoms with Crippen LogP contribution in [0.15, 0.2) is 6.07 Å². The number of piperazine rings is 1. The average Bonchev–Trinajstić information content (AvgIpc) is 2.91. The predicted octanol–water partition coefficient (Wildman–Crippen LogP) is 2.05. The molecule has 4 rings (SSSR count). The lowest BCUT2D eigenvalue weighted by Crippen LogP contribution is -2.49. The third-order valence-electron chi connectivity index (χ3n) is 8.17. The number of carboxylic acids is 1. The van der Waals surface area contributed by atoms with Crippen LogP contribution in [0.2, 0.25) is 0 Å². The number of hydrogen-bond acceptors (Lipinski definition) is 9. The second kappa shape index (κ2) is 14.5. The molecule has 0 unspecified atom stereocenters. The zero-order valence-corrected chi connectivity index (χ0v) is 22.7. The number of carbonyl (C=O) groups excluding carboxylic acids is 1. The number of nitrogens with two attached hydrogens (primary N) is 1. The number of nitrogen functional groups attached to an aromatic ring is 1. The molecule has 0 spiro atoms. The van der Waals surface area contributed by atoms with Crippen LogP contribution in [0.5, 0.6) is 0 Å². The zero-order chi connectivity index (χ0) is 26.7. The summed E-state index contributed by atoms with van der Waals surface area (Å²) in [5.74, 6) is 0.978. The molecule has 6 N–H and O–H groups in total. The van der Waals surface area contributed by atoms with Gasteiger partial charge in [-0.2, -0.15) is 9.97 Å². The molecule has 1 saturated heterocycles. The SMILES string of the molecule is Nc1cc(N2CCN(C(=O)CC(=O)O)CC2)nc(NC2CCC(CNCCCNC3CCCCC3)CC2)n1. The Hall–Kier alpha value is -2.66. The summed E-state index contributed by atoms with van der Waals surface area (Å²) in [6.45, 7) is 5.39. The quantitative estimate of drug-likeness (QED) is 0.201. The summed E-state index contributed by atoms with van der Waals surface area (Å²) < 4.78 is 0. The van der Waals surface area contributed by atoms with Crippen molar-refractivity contribution >= 4 is 29.5 Å². The van der Waals surface area contributed by atoms with E-state index >= 15 is 0 Å².